The molecule has 0 bridgehead atoms. The molecule has 2 aromatic heterocycles. The number of likely N-dealkylation sites (tertiary alicyclic amines) is 1. The highest BCUT2D eigenvalue weighted by Crippen LogP contribution is 2.30. The summed E-state index contributed by atoms with van der Waals surface area (Å²) in [6, 6.07) is 1.16. The van der Waals surface area contributed by atoms with Crippen molar-refractivity contribution < 1.29 is 14.2 Å². The predicted molar refractivity (Wildman–Crippen MR) is 104 cm³/mol. The van der Waals surface area contributed by atoms with Gasteiger partial charge in [0.05, 0.1) is 32.5 Å². The van der Waals surface area contributed by atoms with Crippen LogP contribution < -0.4 is 9.64 Å². The Hall–Kier alpha value is -1.68. The molecule has 0 amide bonds. The summed E-state index contributed by atoms with van der Waals surface area (Å²) in [4.78, 5) is 18.2. The van der Waals surface area contributed by atoms with Gasteiger partial charge in [0, 0.05) is 33.2 Å². The summed E-state index contributed by atoms with van der Waals surface area (Å²) in [6.07, 6.45) is 2.13. The zero-order valence-electron chi connectivity index (χ0n) is 16.0. The SMILES string of the molecule is Cn1c(OC2CCN(C3COC3)CC2)nc2c(N3CCOCC3)nc(Cl)nc21. The van der Waals surface area contributed by atoms with Gasteiger partial charge in [-0.15, -0.1) is 0 Å². The molecule has 3 saturated heterocycles. The molecule has 0 saturated carbocycles. The first-order chi connectivity index (χ1) is 13.7. The third kappa shape index (κ3) is 3.41. The van der Waals surface area contributed by atoms with Crippen LogP contribution in [0.3, 0.4) is 0 Å². The Balaban J connectivity index is 1.35. The van der Waals surface area contributed by atoms with Crippen LogP contribution in [-0.4, -0.2) is 89.2 Å². The molecule has 5 rings (SSSR count). The fourth-order valence-electron chi connectivity index (χ4n) is 4.04. The number of ether oxygens (including phenoxy) is 3. The minimum absolute atomic E-state index is 0.156. The van der Waals surface area contributed by atoms with Crippen LogP contribution in [0.15, 0.2) is 0 Å². The van der Waals surface area contributed by atoms with Crippen molar-refractivity contribution in [3.8, 4) is 6.01 Å². The number of piperidine rings is 1. The molecule has 2 aromatic rings. The van der Waals surface area contributed by atoms with Gasteiger partial charge >= 0.3 is 0 Å². The summed E-state index contributed by atoms with van der Waals surface area (Å²) in [5.74, 6) is 0.753. The first-order valence-electron chi connectivity index (χ1n) is 9.90. The summed E-state index contributed by atoms with van der Waals surface area (Å²) in [5, 5.41) is 0.222. The van der Waals surface area contributed by atoms with Crippen molar-refractivity contribution >= 4 is 28.6 Å². The van der Waals surface area contributed by atoms with E-state index in [1.54, 1.807) is 0 Å². The van der Waals surface area contributed by atoms with Gasteiger partial charge in [-0.2, -0.15) is 15.0 Å². The van der Waals surface area contributed by atoms with Crippen LogP contribution in [0.2, 0.25) is 5.28 Å². The Kier molecular flexibility index (Phi) is 5.00. The van der Waals surface area contributed by atoms with E-state index in [2.05, 4.69) is 19.8 Å². The van der Waals surface area contributed by atoms with Crippen molar-refractivity contribution in [1.82, 2.24) is 24.4 Å². The molecule has 0 aromatic carbocycles. The first-order valence-corrected chi connectivity index (χ1v) is 10.3. The van der Waals surface area contributed by atoms with Crippen LogP contribution in [-0.2, 0) is 16.5 Å². The third-order valence-corrected chi connectivity index (χ3v) is 6.00. The van der Waals surface area contributed by atoms with Gasteiger partial charge < -0.3 is 19.1 Å². The number of imidazole rings is 1. The molecule has 0 atom stereocenters. The highest BCUT2D eigenvalue weighted by atomic mass is 35.5. The second-order valence-corrected chi connectivity index (χ2v) is 7.92. The Labute approximate surface area is 168 Å². The van der Waals surface area contributed by atoms with Crippen molar-refractivity contribution in [2.24, 2.45) is 7.05 Å². The molecular weight excluding hydrogens is 384 g/mol. The third-order valence-electron chi connectivity index (χ3n) is 5.83. The van der Waals surface area contributed by atoms with Gasteiger partial charge in [0.1, 0.15) is 6.10 Å². The standard InChI is InChI=1S/C18H25ClN6O3/c1-23-15-14(16(22-17(19)21-15)25-6-8-26-9-7-25)20-18(23)28-13-2-4-24(5-3-13)12-10-27-11-12/h12-13H,2-11H2,1H3. The van der Waals surface area contributed by atoms with Crippen LogP contribution in [0.5, 0.6) is 6.01 Å². The van der Waals surface area contributed by atoms with E-state index in [9.17, 15) is 0 Å². The van der Waals surface area contributed by atoms with Gasteiger partial charge in [0.2, 0.25) is 5.28 Å². The molecule has 3 aliphatic rings. The van der Waals surface area contributed by atoms with E-state index >= 15 is 0 Å². The largest absolute Gasteiger partial charge is 0.461 e. The van der Waals surface area contributed by atoms with Crippen molar-refractivity contribution in [3.05, 3.63) is 5.28 Å². The predicted octanol–water partition coefficient (Wildman–Crippen LogP) is 1.10. The Bertz CT molecular complexity index is 843. The molecule has 28 heavy (non-hydrogen) atoms. The Morgan fingerprint density at radius 3 is 2.43 bits per heavy atom. The monoisotopic (exact) mass is 408 g/mol. The van der Waals surface area contributed by atoms with E-state index in [1.165, 1.54) is 0 Å². The van der Waals surface area contributed by atoms with Gasteiger partial charge in [-0.1, -0.05) is 0 Å². The molecule has 152 valence electrons. The summed E-state index contributed by atoms with van der Waals surface area (Å²) < 4.78 is 18.9. The molecule has 3 fully saturated rings. The quantitative estimate of drug-likeness (QED) is 0.696. The topological polar surface area (TPSA) is 77.8 Å². The van der Waals surface area contributed by atoms with Crippen molar-refractivity contribution in [3.63, 3.8) is 0 Å². The normalized spacial score (nSPS) is 22.6. The Morgan fingerprint density at radius 1 is 1.00 bits per heavy atom. The lowest BCUT2D eigenvalue weighted by Gasteiger charge is -2.41. The van der Waals surface area contributed by atoms with Gasteiger partial charge in [-0.25, -0.2) is 0 Å². The number of fused-ring (bicyclic) bond motifs is 1. The van der Waals surface area contributed by atoms with E-state index in [4.69, 9.17) is 30.8 Å². The van der Waals surface area contributed by atoms with Crippen molar-refractivity contribution in [1.29, 1.82) is 0 Å². The maximum absolute atomic E-state index is 6.27. The van der Waals surface area contributed by atoms with Gasteiger partial charge in [-0.05, 0) is 24.4 Å². The molecule has 9 nitrogen and oxygen atoms in total. The Morgan fingerprint density at radius 2 is 1.75 bits per heavy atom. The maximum Gasteiger partial charge on any atom is 0.298 e. The molecule has 0 unspecified atom stereocenters. The summed E-state index contributed by atoms with van der Waals surface area (Å²) in [5.41, 5.74) is 1.42. The molecular formula is C18H25ClN6O3. The fraction of sp³-hybridized carbons (Fsp3) is 0.722. The number of aryl methyl sites for hydroxylation is 1. The number of morpholine rings is 1. The summed E-state index contributed by atoms with van der Waals surface area (Å²) >= 11 is 6.20. The maximum atomic E-state index is 6.27. The average molecular weight is 409 g/mol. The zero-order valence-corrected chi connectivity index (χ0v) is 16.8. The van der Waals surface area contributed by atoms with E-state index in [-0.39, 0.29) is 11.4 Å². The number of nitrogens with zero attached hydrogens (tertiary/aromatic N) is 6. The van der Waals surface area contributed by atoms with Crippen molar-refractivity contribution in [2.75, 3.05) is 57.5 Å². The molecule has 10 heteroatoms. The second kappa shape index (κ2) is 7.62. The van der Waals surface area contributed by atoms with E-state index < -0.39 is 0 Å². The molecule has 0 spiro atoms. The fourth-order valence-corrected chi connectivity index (χ4v) is 4.20. The van der Waals surface area contributed by atoms with Gasteiger partial charge in [-0.3, -0.25) is 9.47 Å². The zero-order chi connectivity index (χ0) is 19.1. The molecule has 5 heterocycles. The number of halogens is 1. The molecule has 3 aliphatic heterocycles. The number of rotatable bonds is 4. The van der Waals surface area contributed by atoms with Gasteiger partial charge in [0.25, 0.3) is 6.01 Å². The van der Waals surface area contributed by atoms with Crippen LogP contribution in [0.1, 0.15) is 12.8 Å². The smallest absolute Gasteiger partial charge is 0.298 e. The van der Waals surface area contributed by atoms with Crippen LogP contribution in [0.4, 0.5) is 5.82 Å². The highest BCUT2D eigenvalue weighted by Gasteiger charge is 2.31. The minimum atomic E-state index is 0.156. The number of hydrogen-bond acceptors (Lipinski definition) is 8. The lowest BCUT2D eigenvalue weighted by Crippen LogP contribution is -2.53. The second-order valence-electron chi connectivity index (χ2n) is 7.59. The number of aromatic nitrogens is 4. The number of hydrogen-bond donors (Lipinski definition) is 0. The summed E-state index contributed by atoms with van der Waals surface area (Å²) in [6.45, 7) is 6.66. The highest BCUT2D eigenvalue weighted by molar-refractivity contribution is 6.28. The molecule has 0 N–H and O–H groups in total. The van der Waals surface area contributed by atoms with Crippen LogP contribution in [0.25, 0.3) is 11.2 Å². The van der Waals surface area contributed by atoms with E-state index in [0.717, 1.165) is 63.6 Å². The van der Waals surface area contributed by atoms with Crippen LogP contribution in [0, 0.1) is 0 Å². The van der Waals surface area contributed by atoms with E-state index in [0.29, 0.717) is 30.9 Å². The first kappa shape index (κ1) is 18.4. The number of anilines is 1. The molecule has 0 aliphatic carbocycles. The minimum Gasteiger partial charge on any atom is -0.461 e. The van der Waals surface area contributed by atoms with Crippen molar-refractivity contribution in [2.45, 2.75) is 25.0 Å². The molecule has 0 radical (unpaired) electrons. The van der Waals surface area contributed by atoms with Gasteiger partial charge in [0.15, 0.2) is 17.0 Å². The lowest BCUT2D eigenvalue weighted by molar-refractivity contribution is -0.0783. The lowest BCUT2D eigenvalue weighted by atomic mass is 10.0. The summed E-state index contributed by atoms with van der Waals surface area (Å²) in [7, 11) is 1.91. The average Bonchev–Trinajstić information content (AvgIpc) is 2.98. The van der Waals surface area contributed by atoms with E-state index in [1.807, 2.05) is 11.6 Å². The van der Waals surface area contributed by atoms with Crippen LogP contribution >= 0.6 is 11.6 Å².